The molecule has 1 N–H and O–H groups in total. The summed E-state index contributed by atoms with van der Waals surface area (Å²) >= 11 is 5.97. The maximum absolute atomic E-state index is 13.3. The normalized spacial score (nSPS) is 13.0. The molecule has 1 atom stereocenters. The summed E-state index contributed by atoms with van der Waals surface area (Å²) in [5.74, 6) is -0.812. The zero-order valence-corrected chi connectivity index (χ0v) is 21.5. The van der Waals surface area contributed by atoms with Crippen molar-refractivity contribution in [1.82, 2.24) is 14.5 Å². The largest absolute Gasteiger partial charge is 0.350 e. The average Bonchev–Trinajstić information content (AvgIpc) is 2.71. The van der Waals surface area contributed by atoms with Gasteiger partial charge >= 0.3 is 0 Å². The quantitative estimate of drug-likeness (QED) is 0.608. The van der Waals surface area contributed by atoms with Crippen molar-refractivity contribution in [3.63, 3.8) is 0 Å². The van der Waals surface area contributed by atoms with Gasteiger partial charge in [-0.2, -0.15) is 4.31 Å². The van der Waals surface area contributed by atoms with Crippen LogP contribution in [0.1, 0.15) is 38.8 Å². The second-order valence-corrected chi connectivity index (χ2v) is 11.6. The third-order valence-electron chi connectivity index (χ3n) is 5.02. The average molecular weight is 494 g/mol. The van der Waals surface area contributed by atoms with E-state index in [-0.39, 0.29) is 17.3 Å². The lowest BCUT2D eigenvalue weighted by atomic mass is 10.1. The number of halogens is 1. The molecule has 2 rings (SSSR count). The van der Waals surface area contributed by atoms with E-state index in [1.165, 1.54) is 24.1 Å². The van der Waals surface area contributed by atoms with Gasteiger partial charge in [0.25, 0.3) is 0 Å². The summed E-state index contributed by atoms with van der Waals surface area (Å²) in [5, 5.41) is 3.43. The zero-order valence-electron chi connectivity index (χ0n) is 19.9. The molecule has 2 aromatic carbocycles. The lowest BCUT2D eigenvalue weighted by molar-refractivity contribution is -0.141. The van der Waals surface area contributed by atoms with Gasteiger partial charge in [0.2, 0.25) is 21.8 Å². The van der Waals surface area contributed by atoms with Crippen LogP contribution in [0, 0.1) is 6.92 Å². The van der Waals surface area contributed by atoms with Gasteiger partial charge in [0.05, 0.1) is 11.4 Å². The Bertz CT molecular complexity index is 1080. The highest BCUT2D eigenvalue weighted by Gasteiger charge is 2.31. The SMILES string of the molecule is Cc1ccc(S(=O)(=O)N(C)CC(=O)N(Cc2ccc(Cl)cc2)[C@H](C)C(=O)NC(C)(C)C)cc1. The minimum absolute atomic E-state index is 0.103. The first-order chi connectivity index (χ1) is 15.2. The standard InChI is InChI=1S/C24H32ClN3O4S/c1-17-7-13-21(14-8-17)33(31,32)27(6)16-22(29)28(15-19-9-11-20(25)12-10-19)18(2)23(30)26-24(3,4)5/h7-14,18H,15-16H2,1-6H3,(H,26,30)/t18-/m1/s1. The van der Waals surface area contributed by atoms with E-state index < -0.39 is 34.1 Å². The highest BCUT2D eigenvalue weighted by molar-refractivity contribution is 7.89. The molecule has 0 spiro atoms. The number of nitrogens with zero attached hydrogens (tertiary/aromatic N) is 2. The molecule has 0 fully saturated rings. The molecule has 0 saturated carbocycles. The summed E-state index contributed by atoms with van der Waals surface area (Å²) in [6.45, 7) is 8.77. The van der Waals surface area contributed by atoms with E-state index in [4.69, 9.17) is 11.6 Å². The lowest BCUT2D eigenvalue weighted by Gasteiger charge is -2.32. The maximum Gasteiger partial charge on any atom is 0.243 e. The van der Waals surface area contributed by atoms with Crippen molar-refractivity contribution in [3.8, 4) is 0 Å². The van der Waals surface area contributed by atoms with Gasteiger partial charge in [-0.25, -0.2) is 8.42 Å². The van der Waals surface area contributed by atoms with Crippen LogP contribution >= 0.6 is 11.6 Å². The van der Waals surface area contributed by atoms with Crippen LogP contribution in [0.15, 0.2) is 53.4 Å². The molecule has 9 heteroatoms. The maximum atomic E-state index is 13.3. The van der Waals surface area contributed by atoms with E-state index in [9.17, 15) is 18.0 Å². The summed E-state index contributed by atoms with van der Waals surface area (Å²) in [5.41, 5.74) is 1.22. The minimum atomic E-state index is -3.87. The molecule has 2 amide bonds. The Balaban J connectivity index is 2.28. The second kappa shape index (κ2) is 10.7. The van der Waals surface area contributed by atoms with Crippen molar-refractivity contribution in [2.75, 3.05) is 13.6 Å². The zero-order chi connectivity index (χ0) is 25.0. The molecule has 0 aromatic heterocycles. The topological polar surface area (TPSA) is 86.8 Å². The first-order valence-corrected chi connectivity index (χ1v) is 12.4. The second-order valence-electron chi connectivity index (χ2n) is 9.14. The van der Waals surface area contributed by atoms with Gasteiger partial charge < -0.3 is 10.2 Å². The van der Waals surface area contributed by atoms with E-state index in [0.29, 0.717) is 5.02 Å². The molecule has 0 bridgehead atoms. The Labute approximate surface area is 201 Å². The highest BCUT2D eigenvalue weighted by Crippen LogP contribution is 2.18. The number of carbonyl (C=O) groups excluding carboxylic acids is 2. The Kier molecular flexibility index (Phi) is 8.68. The van der Waals surface area contributed by atoms with Crippen LogP contribution in [0.3, 0.4) is 0 Å². The Morgan fingerprint density at radius 3 is 2.09 bits per heavy atom. The smallest absolute Gasteiger partial charge is 0.243 e. The number of rotatable bonds is 8. The Morgan fingerprint density at radius 1 is 1.03 bits per heavy atom. The van der Waals surface area contributed by atoms with Crippen LogP contribution in [-0.2, 0) is 26.2 Å². The van der Waals surface area contributed by atoms with Crippen molar-refractivity contribution in [2.24, 2.45) is 0 Å². The Hall–Kier alpha value is -2.42. The van der Waals surface area contributed by atoms with Crippen LogP contribution < -0.4 is 5.32 Å². The van der Waals surface area contributed by atoms with Gasteiger partial charge in [0.15, 0.2) is 0 Å². The summed E-state index contributed by atoms with van der Waals surface area (Å²) in [6.07, 6.45) is 0. The van der Waals surface area contributed by atoms with Crippen molar-refractivity contribution >= 4 is 33.4 Å². The van der Waals surface area contributed by atoms with Gasteiger partial charge in [-0.1, -0.05) is 41.4 Å². The number of hydrogen-bond acceptors (Lipinski definition) is 4. The summed E-state index contributed by atoms with van der Waals surface area (Å²) in [7, 11) is -2.52. The first-order valence-electron chi connectivity index (χ1n) is 10.6. The number of hydrogen-bond donors (Lipinski definition) is 1. The van der Waals surface area contributed by atoms with E-state index >= 15 is 0 Å². The summed E-state index contributed by atoms with van der Waals surface area (Å²) in [6, 6.07) is 12.5. The molecular weight excluding hydrogens is 462 g/mol. The number of nitrogens with one attached hydrogen (secondary N) is 1. The molecule has 0 aliphatic heterocycles. The number of sulfonamides is 1. The van der Waals surface area contributed by atoms with Crippen molar-refractivity contribution in [1.29, 1.82) is 0 Å². The molecule has 2 aromatic rings. The highest BCUT2D eigenvalue weighted by atomic mass is 35.5. The van der Waals surface area contributed by atoms with E-state index in [1.807, 2.05) is 27.7 Å². The van der Waals surface area contributed by atoms with Gasteiger partial charge in [0, 0.05) is 24.2 Å². The van der Waals surface area contributed by atoms with Crippen LogP contribution in [0.4, 0.5) is 0 Å². The van der Waals surface area contributed by atoms with E-state index in [2.05, 4.69) is 5.32 Å². The van der Waals surface area contributed by atoms with Gasteiger partial charge in [-0.05, 0) is 64.4 Å². The minimum Gasteiger partial charge on any atom is -0.350 e. The predicted molar refractivity (Wildman–Crippen MR) is 130 cm³/mol. The molecular formula is C24H32ClN3O4S. The molecule has 7 nitrogen and oxygen atoms in total. The number of likely N-dealkylation sites (N-methyl/N-ethyl adjacent to an activating group) is 1. The Morgan fingerprint density at radius 2 is 1.58 bits per heavy atom. The lowest BCUT2D eigenvalue weighted by Crippen LogP contribution is -2.54. The van der Waals surface area contributed by atoms with Gasteiger partial charge in [-0.15, -0.1) is 0 Å². The molecule has 0 saturated heterocycles. The fraction of sp³-hybridized carbons (Fsp3) is 0.417. The molecule has 0 aliphatic rings. The number of aryl methyl sites for hydroxylation is 1. The van der Waals surface area contributed by atoms with Crippen LogP contribution in [0.25, 0.3) is 0 Å². The first kappa shape index (κ1) is 26.8. The van der Waals surface area contributed by atoms with Crippen molar-refractivity contribution in [2.45, 2.75) is 57.6 Å². The molecule has 0 aliphatic carbocycles. The molecule has 180 valence electrons. The van der Waals surface area contributed by atoms with Gasteiger partial charge in [-0.3, -0.25) is 9.59 Å². The molecule has 0 unspecified atom stereocenters. The molecule has 0 heterocycles. The summed E-state index contributed by atoms with van der Waals surface area (Å²) in [4.78, 5) is 27.6. The van der Waals surface area contributed by atoms with Crippen LogP contribution in [0.5, 0.6) is 0 Å². The predicted octanol–water partition coefficient (Wildman–Crippen LogP) is 3.60. The third-order valence-corrected chi connectivity index (χ3v) is 7.09. The number of carbonyl (C=O) groups is 2. The van der Waals surface area contributed by atoms with Crippen molar-refractivity contribution < 1.29 is 18.0 Å². The monoisotopic (exact) mass is 493 g/mol. The van der Waals surface area contributed by atoms with E-state index in [0.717, 1.165) is 15.4 Å². The van der Waals surface area contributed by atoms with Crippen LogP contribution in [-0.4, -0.2) is 54.6 Å². The van der Waals surface area contributed by atoms with Crippen LogP contribution in [0.2, 0.25) is 5.02 Å². The van der Waals surface area contributed by atoms with Crippen molar-refractivity contribution in [3.05, 3.63) is 64.7 Å². The molecule has 33 heavy (non-hydrogen) atoms. The number of amides is 2. The number of benzene rings is 2. The fourth-order valence-corrected chi connectivity index (χ4v) is 4.35. The third kappa shape index (κ3) is 7.55. The van der Waals surface area contributed by atoms with E-state index in [1.54, 1.807) is 43.3 Å². The molecule has 0 radical (unpaired) electrons. The fourth-order valence-electron chi connectivity index (χ4n) is 3.10. The van der Waals surface area contributed by atoms with Gasteiger partial charge in [0.1, 0.15) is 6.04 Å². The summed E-state index contributed by atoms with van der Waals surface area (Å²) < 4.78 is 26.9.